The van der Waals surface area contributed by atoms with Crippen LogP contribution in [0.1, 0.15) is 30.1 Å². The van der Waals surface area contributed by atoms with Crippen LogP contribution >= 0.6 is 34.2 Å². The molecular weight excluding hydrogens is 471 g/mol. The molecule has 1 aromatic rings. The summed E-state index contributed by atoms with van der Waals surface area (Å²) in [5, 5.41) is 0.564. The number of hydrogen-bond acceptors (Lipinski definition) is 4. The molecule has 1 saturated heterocycles. The Morgan fingerprint density at radius 1 is 1.31 bits per heavy atom. The van der Waals surface area contributed by atoms with Gasteiger partial charge in [0.05, 0.1) is 24.6 Å². The number of nitrogens with zero attached hydrogens (tertiary/aromatic N) is 2. The lowest BCUT2D eigenvalue weighted by Crippen LogP contribution is -2.45. The zero-order valence-electron chi connectivity index (χ0n) is 14.8. The van der Waals surface area contributed by atoms with Gasteiger partial charge in [0.15, 0.2) is 0 Å². The van der Waals surface area contributed by atoms with Crippen molar-refractivity contribution in [3.05, 3.63) is 32.4 Å². The minimum absolute atomic E-state index is 0.00160. The summed E-state index contributed by atoms with van der Waals surface area (Å²) >= 11 is 7.97. The van der Waals surface area contributed by atoms with Gasteiger partial charge in [-0.3, -0.25) is 14.4 Å². The Morgan fingerprint density at radius 3 is 2.54 bits per heavy atom. The Balaban J connectivity index is 1.89. The van der Waals surface area contributed by atoms with Crippen LogP contribution < -0.4 is 0 Å². The highest BCUT2D eigenvalue weighted by atomic mass is 127. The van der Waals surface area contributed by atoms with Crippen molar-refractivity contribution >= 4 is 52.0 Å². The number of amides is 2. The lowest BCUT2D eigenvalue weighted by Gasteiger charge is -2.32. The molecule has 1 aliphatic rings. The minimum Gasteiger partial charge on any atom is -0.466 e. The van der Waals surface area contributed by atoms with Crippen molar-refractivity contribution in [1.29, 1.82) is 0 Å². The highest BCUT2D eigenvalue weighted by Crippen LogP contribution is 2.21. The Kier molecular flexibility index (Phi) is 7.69. The minimum atomic E-state index is -0.221. The van der Waals surface area contributed by atoms with E-state index in [9.17, 15) is 14.4 Å². The van der Waals surface area contributed by atoms with Gasteiger partial charge in [0.1, 0.15) is 0 Å². The fraction of sp³-hybridized carbons (Fsp3) is 0.500. The summed E-state index contributed by atoms with van der Waals surface area (Å²) in [5.74, 6) is -0.675. The van der Waals surface area contributed by atoms with Gasteiger partial charge in [0, 0.05) is 28.7 Å². The standard InChI is InChI=1S/C18H22ClIN2O4/c1-3-26-18(25)12-6-8-22(9-7-12)16(23)11-21(2)17(24)14-5-4-13(19)10-15(14)20/h4-5,10,12H,3,6-9,11H2,1-2H3. The third kappa shape index (κ3) is 5.33. The van der Waals surface area contributed by atoms with Crippen LogP contribution in [0.2, 0.25) is 5.02 Å². The van der Waals surface area contributed by atoms with Crippen molar-refractivity contribution in [2.45, 2.75) is 19.8 Å². The number of rotatable bonds is 5. The van der Waals surface area contributed by atoms with E-state index in [1.54, 1.807) is 37.1 Å². The highest BCUT2D eigenvalue weighted by molar-refractivity contribution is 14.1. The van der Waals surface area contributed by atoms with Crippen LogP contribution in [0.4, 0.5) is 0 Å². The van der Waals surface area contributed by atoms with E-state index in [4.69, 9.17) is 16.3 Å². The number of carbonyl (C=O) groups excluding carboxylic acids is 3. The number of hydrogen-bond donors (Lipinski definition) is 0. The van der Waals surface area contributed by atoms with Crippen LogP contribution in [0.5, 0.6) is 0 Å². The van der Waals surface area contributed by atoms with Gasteiger partial charge in [-0.15, -0.1) is 0 Å². The summed E-state index contributed by atoms with van der Waals surface area (Å²) in [6, 6.07) is 5.04. The van der Waals surface area contributed by atoms with Gasteiger partial charge in [-0.1, -0.05) is 11.6 Å². The molecule has 1 aromatic carbocycles. The van der Waals surface area contributed by atoms with Crippen LogP contribution in [0.15, 0.2) is 18.2 Å². The molecule has 2 rings (SSSR count). The van der Waals surface area contributed by atoms with Crippen LogP contribution in [0.25, 0.3) is 0 Å². The third-order valence-corrected chi connectivity index (χ3v) is 5.48. The van der Waals surface area contributed by atoms with Crippen LogP contribution in [-0.2, 0) is 14.3 Å². The molecule has 1 aliphatic heterocycles. The first-order valence-electron chi connectivity index (χ1n) is 8.48. The molecule has 2 amide bonds. The van der Waals surface area contributed by atoms with Crippen molar-refractivity contribution in [3.8, 4) is 0 Å². The molecule has 0 saturated carbocycles. The van der Waals surface area contributed by atoms with Crippen LogP contribution in [0.3, 0.4) is 0 Å². The van der Waals surface area contributed by atoms with Crippen LogP contribution in [-0.4, -0.2) is 60.9 Å². The van der Waals surface area contributed by atoms with Crippen LogP contribution in [0, 0.1) is 9.49 Å². The van der Waals surface area contributed by atoms with Gasteiger partial charge in [-0.25, -0.2) is 0 Å². The summed E-state index contributed by atoms with van der Waals surface area (Å²) in [4.78, 5) is 39.9. The number of esters is 1. The molecule has 142 valence electrons. The van der Waals surface area contributed by atoms with Crippen molar-refractivity contribution in [2.75, 3.05) is 33.3 Å². The fourth-order valence-corrected chi connectivity index (χ4v) is 3.97. The van der Waals surface area contributed by atoms with Crippen molar-refractivity contribution < 1.29 is 19.1 Å². The topological polar surface area (TPSA) is 66.9 Å². The summed E-state index contributed by atoms with van der Waals surface area (Å²) in [5.41, 5.74) is 0.520. The number of benzene rings is 1. The first-order valence-corrected chi connectivity index (χ1v) is 9.94. The largest absolute Gasteiger partial charge is 0.466 e. The quantitative estimate of drug-likeness (QED) is 0.468. The molecule has 26 heavy (non-hydrogen) atoms. The SMILES string of the molecule is CCOC(=O)C1CCN(C(=O)CN(C)C(=O)c2ccc(Cl)cc2I)CC1. The van der Waals surface area contributed by atoms with Gasteiger partial charge >= 0.3 is 5.97 Å². The average molecular weight is 493 g/mol. The average Bonchev–Trinajstić information content (AvgIpc) is 2.61. The molecule has 0 N–H and O–H groups in total. The van der Waals surface area contributed by atoms with E-state index in [0.29, 0.717) is 43.1 Å². The van der Waals surface area contributed by atoms with Gasteiger partial charge in [-0.05, 0) is 60.6 Å². The Bertz CT molecular complexity index is 690. The smallest absolute Gasteiger partial charge is 0.309 e. The summed E-state index contributed by atoms with van der Waals surface area (Å²) < 4.78 is 5.78. The van der Waals surface area contributed by atoms with Crippen molar-refractivity contribution in [1.82, 2.24) is 9.80 Å². The Morgan fingerprint density at radius 2 is 1.96 bits per heavy atom. The second-order valence-corrected chi connectivity index (χ2v) is 7.79. The Hall–Kier alpha value is -1.35. The predicted octanol–water partition coefficient (Wildman–Crippen LogP) is 2.82. The molecule has 0 radical (unpaired) electrons. The number of likely N-dealkylation sites (N-methyl/N-ethyl adjacent to an activating group) is 1. The van der Waals surface area contributed by atoms with Gasteiger partial charge in [-0.2, -0.15) is 0 Å². The van der Waals surface area contributed by atoms with E-state index in [2.05, 4.69) is 22.6 Å². The number of carbonyl (C=O) groups is 3. The van der Waals surface area contributed by atoms with E-state index in [0.717, 1.165) is 3.57 Å². The number of halogens is 2. The molecule has 0 atom stereocenters. The molecular formula is C18H22ClIN2O4. The normalized spacial score (nSPS) is 14.8. The Labute approximate surface area is 171 Å². The summed E-state index contributed by atoms with van der Waals surface area (Å²) in [6.07, 6.45) is 1.19. The van der Waals surface area contributed by atoms with Gasteiger partial charge in [0.2, 0.25) is 5.91 Å². The number of likely N-dealkylation sites (tertiary alicyclic amines) is 1. The summed E-state index contributed by atoms with van der Waals surface area (Å²) in [7, 11) is 1.61. The maximum Gasteiger partial charge on any atom is 0.309 e. The van der Waals surface area contributed by atoms with Gasteiger partial charge < -0.3 is 14.5 Å². The monoisotopic (exact) mass is 492 g/mol. The molecule has 0 bridgehead atoms. The van der Waals surface area contributed by atoms with E-state index >= 15 is 0 Å². The molecule has 0 aliphatic carbocycles. The zero-order chi connectivity index (χ0) is 19.3. The molecule has 0 spiro atoms. The molecule has 6 nitrogen and oxygen atoms in total. The number of piperidine rings is 1. The zero-order valence-corrected chi connectivity index (χ0v) is 17.7. The predicted molar refractivity (Wildman–Crippen MR) is 107 cm³/mol. The first kappa shape index (κ1) is 21.0. The lowest BCUT2D eigenvalue weighted by molar-refractivity contribution is -0.151. The van der Waals surface area contributed by atoms with Crippen molar-refractivity contribution in [3.63, 3.8) is 0 Å². The van der Waals surface area contributed by atoms with Gasteiger partial charge in [0.25, 0.3) is 5.91 Å². The molecule has 0 aromatic heterocycles. The summed E-state index contributed by atoms with van der Waals surface area (Å²) in [6.45, 7) is 3.16. The molecule has 0 unspecified atom stereocenters. The molecule has 1 fully saturated rings. The third-order valence-electron chi connectivity index (χ3n) is 4.35. The lowest BCUT2D eigenvalue weighted by atomic mass is 9.97. The number of ether oxygens (including phenoxy) is 1. The second kappa shape index (κ2) is 9.55. The molecule has 8 heteroatoms. The van der Waals surface area contributed by atoms with E-state index in [1.165, 1.54) is 4.90 Å². The van der Waals surface area contributed by atoms with Crippen molar-refractivity contribution in [2.24, 2.45) is 5.92 Å². The van der Waals surface area contributed by atoms with E-state index < -0.39 is 0 Å². The fourth-order valence-electron chi connectivity index (χ4n) is 2.87. The second-order valence-electron chi connectivity index (χ2n) is 6.19. The highest BCUT2D eigenvalue weighted by Gasteiger charge is 2.29. The molecule has 1 heterocycles. The van der Waals surface area contributed by atoms with E-state index in [1.807, 2.05) is 0 Å². The maximum absolute atomic E-state index is 12.6. The maximum atomic E-state index is 12.6. The van der Waals surface area contributed by atoms with E-state index in [-0.39, 0.29) is 30.2 Å². The first-order chi connectivity index (χ1) is 12.3.